The van der Waals surface area contributed by atoms with Crippen LogP contribution in [0.3, 0.4) is 0 Å². The van der Waals surface area contributed by atoms with E-state index in [1.807, 2.05) is 77.9 Å². The fourth-order valence-corrected chi connectivity index (χ4v) is 3.39. The minimum atomic E-state index is -0.561. The highest BCUT2D eigenvalue weighted by atomic mass is 16.2. The molecule has 2 amide bonds. The van der Waals surface area contributed by atoms with Gasteiger partial charge in [-0.15, -0.1) is 0 Å². The Labute approximate surface area is 175 Å². The van der Waals surface area contributed by atoms with Crippen LogP contribution in [0.1, 0.15) is 55.5 Å². The molecule has 0 fully saturated rings. The number of nitrogens with one attached hydrogen (secondary N) is 1. The van der Waals surface area contributed by atoms with Crippen molar-refractivity contribution in [2.45, 2.75) is 73.0 Å². The number of hydrogen-bond acceptors (Lipinski definition) is 2. The molecule has 2 rings (SSSR count). The Balaban J connectivity index is 2.27. The van der Waals surface area contributed by atoms with Crippen molar-refractivity contribution < 1.29 is 9.59 Å². The van der Waals surface area contributed by atoms with Crippen LogP contribution >= 0.6 is 0 Å². The molecule has 0 heterocycles. The molecular weight excluding hydrogens is 360 g/mol. The van der Waals surface area contributed by atoms with E-state index in [0.717, 1.165) is 22.3 Å². The molecule has 4 heteroatoms. The summed E-state index contributed by atoms with van der Waals surface area (Å²) in [5.74, 6) is -0.189. The molecule has 0 aliphatic rings. The second-order valence-electron chi connectivity index (χ2n) is 9.10. The summed E-state index contributed by atoms with van der Waals surface area (Å²) in [6.07, 6.45) is 0.279. The normalized spacial score (nSPS) is 12.4. The maximum atomic E-state index is 13.3. The van der Waals surface area contributed by atoms with Crippen molar-refractivity contribution >= 4 is 11.8 Å². The number of hydrogen-bond donors (Lipinski definition) is 1. The quantitative estimate of drug-likeness (QED) is 0.785. The van der Waals surface area contributed by atoms with E-state index in [1.54, 1.807) is 11.8 Å². The van der Waals surface area contributed by atoms with Crippen LogP contribution in [0.25, 0.3) is 0 Å². The van der Waals surface area contributed by atoms with E-state index in [2.05, 4.69) is 11.4 Å². The van der Waals surface area contributed by atoms with Gasteiger partial charge in [0, 0.05) is 12.1 Å². The number of benzene rings is 2. The van der Waals surface area contributed by atoms with E-state index in [-0.39, 0.29) is 23.8 Å². The second kappa shape index (κ2) is 9.25. The van der Waals surface area contributed by atoms with Crippen molar-refractivity contribution in [1.29, 1.82) is 0 Å². The molecule has 2 aromatic rings. The van der Waals surface area contributed by atoms with E-state index >= 15 is 0 Å². The van der Waals surface area contributed by atoms with Crippen molar-refractivity contribution in [3.8, 4) is 0 Å². The van der Waals surface area contributed by atoms with Gasteiger partial charge in [0.15, 0.2) is 0 Å². The number of rotatable bonds is 6. The second-order valence-corrected chi connectivity index (χ2v) is 9.10. The van der Waals surface area contributed by atoms with Gasteiger partial charge in [-0.3, -0.25) is 9.59 Å². The van der Waals surface area contributed by atoms with E-state index < -0.39 is 6.04 Å². The van der Waals surface area contributed by atoms with Gasteiger partial charge in [0.05, 0.1) is 6.42 Å². The Kier molecular flexibility index (Phi) is 7.23. The number of nitrogens with zero attached hydrogens (tertiary/aromatic N) is 1. The molecule has 0 saturated carbocycles. The van der Waals surface area contributed by atoms with Crippen LogP contribution in [0.4, 0.5) is 0 Å². The summed E-state index contributed by atoms with van der Waals surface area (Å²) in [6.45, 7) is 14.1. The largest absolute Gasteiger partial charge is 0.350 e. The standard InChI is InChI=1S/C25H34N2O2/c1-17-8-10-21(11-9-17)16-27(20(4)24(29)26-25(5,6)7)23(28)15-22-13-18(2)12-19(3)14-22/h8-14,20H,15-16H2,1-7H3,(H,26,29)/t20-/m0/s1. The zero-order valence-electron chi connectivity index (χ0n) is 18.8. The van der Waals surface area contributed by atoms with Gasteiger partial charge in [0.1, 0.15) is 6.04 Å². The molecule has 0 saturated heterocycles. The monoisotopic (exact) mass is 394 g/mol. The number of aryl methyl sites for hydroxylation is 3. The third kappa shape index (κ3) is 7.04. The summed E-state index contributed by atoms with van der Waals surface area (Å²) in [4.78, 5) is 27.8. The number of carbonyl (C=O) groups is 2. The summed E-state index contributed by atoms with van der Waals surface area (Å²) in [5, 5.41) is 3.00. The summed E-state index contributed by atoms with van der Waals surface area (Å²) in [7, 11) is 0. The summed E-state index contributed by atoms with van der Waals surface area (Å²) in [6, 6.07) is 13.7. The van der Waals surface area contributed by atoms with Gasteiger partial charge in [-0.2, -0.15) is 0 Å². The smallest absolute Gasteiger partial charge is 0.242 e. The SMILES string of the molecule is Cc1ccc(CN(C(=O)Cc2cc(C)cc(C)c2)[C@@H](C)C(=O)NC(C)(C)C)cc1. The van der Waals surface area contributed by atoms with Gasteiger partial charge in [0.25, 0.3) is 0 Å². The van der Waals surface area contributed by atoms with E-state index in [9.17, 15) is 9.59 Å². The van der Waals surface area contributed by atoms with Crippen molar-refractivity contribution in [3.63, 3.8) is 0 Å². The average molecular weight is 395 g/mol. The fraction of sp³-hybridized carbons (Fsp3) is 0.440. The summed E-state index contributed by atoms with van der Waals surface area (Å²) in [5.41, 5.74) is 5.08. The first kappa shape index (κ1) is 22.7. The van der Waals surface area contributed by atoms with Crippen LogP contribution in [-0.4, -0.2) is 28.3 Å². The Morgan fingerprint density at radius 3 is 1.97 bits per heavy atom. The van der Waals surface area contributed by atoms with E-state index in [1.165, 1.54) is 5.56 Å². The molecular formula is C25H34N2O2. The first-order valence-electron chi connectivity index (χ1n) is 10.2. The lowest BCUT2D eigenvalue weighted by atomic mass is 10.0. The summed E-state index contributed by atoms with van der Waals surface area (Å²) >= 11 is 0. The fourth-order valence-electron chi connectivity index (χ4n) is 3.39. The van der Waals surface area contributed by atoms with Crippen molar-refractivity contribution in [2.24, 2.45) is 0 Å². The van der Waals surface area contributed by atoms with Crippen LogP contribution in [0.15, 0.2) is 42.5 Å². The lowest BCUT2D eigenvalue weighted by Gasteiger charge is -2.31. The van der Waals surface area contributed by atoms with Crippen molar-refractivity contribution in [2.75, 3.05) is 0 Å². The maximum Gasteiger partial charge on any atom is 0.242 e. The van der Waals surface area contributed by atoms with Crippen LogP contribution in [0.2, 0.25) is 0 Å². The minimum absolute atomic E-state index is 0.0489. The molecule has 1 atom stereocenters. The molecule has 0 spiro atoms. The highest BCUT2D eigenvalue weighted by molar-refractivity contribution is 5.88. The summed E-state index contributed by atoms with van der Waals surface area (Å²) < 4.78 is 0. The Bertz CT molecular complexity index is 843. The highest BCUT2D eigenvalue weighted by Gasteiger charge is 2.28. The van der Waals surface area contributed by atoms with Gasteiger partial charge in [-0.05, 0) is 59.6 Å². The average Bonchev–Trinajstić information content (AvgIpc) is 2.58. The minimum Gasteiger partial charge on any atom is -0.350 e. The van der Waals surface area contributed by atoms with Gasteiger partial charge < -0.3 is 10.2 Å². The molecule has 0 aliphatic carbocycles. The molecule has 0 radical (unpaired) electrons. The van der Waals surface area contributed by atoms with Crippen LogP contribution in [0, 0.1) is 20.8 Å². The van der Waals surface area contributed by atoms with Gasteiger partial charge in [0.2, 0.25) is 11.8 Å². The molecule has 4 nitrogen and oxygen atoms in total. The Morgan fingerprint density at radius 1 is 0.897 bits per heavy atom. The molecule has 0 unspecified atom stereocenters. The maximum absolute atomic E-state index is 13.3. The third-order valence-corrected chi connectivity index (χ3v) is 4.78. The Hall–Kier alpha value is -2.62. The van der Waals surface area contributed by atoms with Crippen LogP contribution in [-0.2, 0) is 22.6 Å². The van der Waals surface area contributed by atoms with E-state index in [4.69, 9.17) is 0 Å². The zero-order chi connectivity index (χ0) is 21.8. The number of carbonyl (C=O) groups excluding carboxylic acids is 2. The van der Waals surface area contributed by atoms with Gasteiger partial charge in [-0.1, -0.05) is 59.2 Å². The third-order valence-electron chi connectivity index (χ3n) is 4.78. The molecule has 0 bridgehead atoms. The zero-order valence-corrected chi connectivity index (χ0v) is 18.8. The predicted octanol–water partition coefficient (Wildman–Crippen LogP) is 4.49. The van der Waals surface area contributed by atoms with Crippen LogP contribution in [0.5, 0.6) is 0 Å². The van der Waals surface area contributed by atoms with Crippen molar-refractivity contribution in [3.05, 3.63) is 70.3 Å². The molecule has 2 aromatic carbocycles. The predicted molar refractivity (Wildman–Crippen MR) is 119 cm³/mol. The lowest BCUT2D eigenvalue weighted by Crippen LogP contribution is -2.52. The van der Waals surface area contributed by atoms with Gasteiger partial charge in [-0.25, -0.2) is 0 Å². The lowest BCUT2D eigenvalue weighted by molar-refractivity contribution is -0.140. The molecule has 0 aliphatic heterocycles. The molecule has 29 heavy (non-hydrogen) atoms. The molecule has 1 N–H and O–H groups in total. The number of amides is 2. The first-order chi connectivity index (χ1) is 13.4. The van der Waals surface area contributed by atoms with Crippen molar-refractivity contribution in [1.82, 2.24) is 10.2 Å². The van der Waals surface area contributed by atoms with E-state index in [0.29, 0.717) is 6.54 Å². The topological polar surface area (TPSA) is 49.4 Å². The van der Waals surface area contributed by atoms with Gasteiger partial charge >= 0.3 is 0 Å². The first-order valence-corrected chi connectivity index (χ1v) is 10.2. The molecule has 0 aromatic heterocycles. The highest BCUT2D eigenvalue weighted by Crippen LogP contribution is 2.16. The van der Waals surface area contributed by atoms with Crippen LogP contribution < -0.4 is 5.32 Å². The molecule has 156 valence electrons. The Morgan fingerprint density at radius 2 is 1.45 bits per heavy atom.